The zero-order valence-corrected chi connectivity index (χ0v) is 11.6. The van der Waals surface area contributed by atoms with Gasteiger partial charge in [-0.3, -0.25) is 0 Å². The maximum Gasteiger partial charge on any atom is 0.235 e. The van der Waals surface area contributed by atoms with Crippen molar-refractivity contribution in [3.63, 3.8) is 0 Å². The molecular weight excluding hydrogens is 202 g/mol. The second-order valence-corrected chi connectivity index (χ2v) is 4.78. The van der Waals surface area contributed by atoms with E-state index in [1.54, 1.807) is 7.11 Å². The van der Waals surface area contributed by atoms with Crippen LogP contribution in [0.25, 0.3) is 0 Å². The molecule has 0 aliphatic carbocycles. The van der Waals surface area contributed by atoms with Crippen molar-refractivity contribution in [3.05, 3.63) is 0 Å². The van der Waals surface area contributed by atoms with Crippen LogP contribution in [-0.4, -0.2) is 38.6 Å². The van der Waals surface area contributed by atoms with Crippen molar-refractivity contribution in [2.45, 2.75) is 33.6 Å². The van der Waals surface area contributed by atoms with Gasteiger partial charge < -0.3 is 15.1 Å². The van der Waals surface area contributed by atoms with E-state index in [-0.39, 0.29) is 0 Å². The average Bonchev–Trinajstić information content (AvgIpc) is 2.21. The molecule has 1 atom stereocenters. The largest absolute Gasteiger partial charge is 0.396 e. The molecular formula is C12H27N3O. The molecule has 0 heterocycles. The maximum atomic E-state index is 4.77. The third-order valence-electron chi connectivity index (χ3n) is 2.86. The van der Waals surface area contributed by atoms with Gasteiger partial charge in [0.2, 0.25) is 5.96 Å². The summed E-state index contributed by atoms with van der Waals surface area (Å²) in [6.07, 6.45) is 2.41. The fourth-order valence-corrected chi connectivity index (χ4v) is 1.32. The van der Waals surface area contributed by atoms with E-state index < -0.39 is 0 Å². The van der Waals surface area contributed by atoms with Crippen LogP contribution < -0.4 is 5.32 Å². The highest BCUT2D eigenvalue weighted by molar-refractivity contribution is 5.78. The van der Waals surface area contributed by atoms with E-state index in [2.05, 4.69) is 31.2 Å². The summed E-state index contributed by atoms with van der Waals surface area (Å²) in [5.74, 6) is 2.32. The van der Waals surface area contributed by atoms with Crippen LogP contribution in [0.15, 0.2) is 5.16 Å². The number of nitrogens with zero attached hydrogens (tertiary/aromatic N) is 2. The summed E-state index contributed by atoms with van der Waals surface area (Å²) in [5, 5.41) is 7.17. The number of rotatable bonds is 6. The molecule has 1 N–H and O–H groups in total. The van der Waals surface area contributed by atoms with Crippen molar-refractivity contribution in [2.24, 2.45) is 17.0 Å². The Morgan fingerprint density at radius 3 is 2.38 bits per heavy atom. The van der Waals surface area contributed by atoms with Gasteiger partial charge in [0.05, 0.1) is 0 Å². The third kappa shape index (κ3) is 6.53. The second-order valence-electron chi connectivity index (χ2n) is 4.78. The van der Waals surface area contributed by atoms with Crippen LogP contribution in [0.1, 0.15) is 33.6 Å². The predicted octanol–water partition coefficient (Wildman–Crippen LogP) is 2.13. The molecule has 96 valence electrons. The van der Waals surface area contributed by atoms with E-state index in [0.29, 0.717) is 0 Å². The summed E-state index contributed by atoms with van der Waals surface area (Å²) in [7, 11) is 5.45. The highest BCUT2D eigenvalue weighted by atomic mass is 16.6. The number of oxime groups is 1. The van der Waals surface area contributed by atoms with E-state index in [9.17, 15) is 0 Å². The summed E-state index contributed by atoms with van der Waals surface area (Å²) in [5.41, 5.74) is 0. The molecule has 0 radical (unpaired) electrons. The topological polar surface area (TPSA) is 36.9 Å². The van der Waals surface area contributed by atoms with Crippen LogP contribution in [0.5, 0.6) is 0 Å². The van der Waals surface area contributed by atoms with Gasteiger partial charge in [0.25, 0.3) is 0 Å². The van der Waals surface area contributed by atoms with Crippen LogP contribution in [0, 0.1) is 11.8 Å². The standard InChI is InChI=1S/C12H27N3O/c1-10(2)11(3)8-7-9-13-12(14-16-6)15(4)5/h10-11H,7-9H2,1-6H3,(H,13,14). The Hall–Kier alpha value is -0.930. The first-order chi connectivity index (χ1) is 7.49. The lowest BCUT2D eigenvalue weighted by Crippen LogP contribution is -2.37. The first kappa shape index (κ1) is 15.1. The zero-order chi connectivity index (χ0) is 12.6. The monoisotopic (exact) mass is 229 g/mol. The highest BCUT2D eigenvalue weighted by Gasteiger charge is 2.07. The minimum Gasteiger partial charge on any atom is -0.396 e. The van der Waals surface area contributed by atoms with E-state index in [0.717, 1.165) is 30.8 Å². The highest BCUT2D eigenvalue weighted by Crippen LogP contribution is 2.15. The minimum atomic E-state index is 0.765. The molecule has 0 aromatic heterocycles. The summed E-state index contributed by atoms with van der Waals surface area (Å²) in [6.45, 7) is 7.80. The molecule has 0 aromatic rings. The fourth-order valence-electron chi connectivity index (χ4n) is 1.32. The van der Waals surface area contributed by atoms with E-state index in [4.69, 9.17) is 4.84 Å². The first-order valence-electron chi connectivity index (χ1n) is 6.01. The van der Waals surface area contributed by atoms with E-state index in [1.807, 2.05) is 19.0 Å². The molecule has 0 saturated heterocycles. The Bertz CT molecular complexity index is 202. The molecule has 0 aliphatic heterocycles. The molecule has 0 saturated carbocycles. The van der Waals surface area contributed by atoms with Gasteiger partial charge in [0.15, 0.2) is 0 Å². The van der Waals surface area contributed by atoms with E-state index in [1.165, 1.54) is 6.42 Å². The fraction of sp³-hybridized carbons (Fsp3) is 0.917. The smallest absolute Gasteiger partial charge is 0.235 e. The van der Waals surface area contributed by atoms with Crippen molar-refractivity contribution in [1.29, 1.82) is 0 Å². The average molecular weight is 229 g/mol. The summed E-state index contributed by atoms with van der Waals surface area (Å²) >= 11 is 0. The van der Waals surface area contributed by atoms with Crippen molar-refractivity contribution < 1.29 is 4.84 Å². The summed E-state index contributed by atoms with van der Waals surface area (Å²) in [6, 6.07) is 0. The summed E-state index contributed by atoms with van der Waals surface area (Å²) in [4.78, 5) is 6.68. The van der Waals surface area contributed by atoms with Crippen LogP contribution in [0.2, 0.25) is 0 Å². The third-order valence-corrected chi connectivity index (χ3v) is 2.86. The molecule has 0 spiro atoms. The van der Waals surface area contributed by atoms with Gasteiger partial charge in [0.1, 0.15) is 7.11 Å². The molecule has 16 heavy (non-hydrogen) atoms. The molecule has 0 rings (SSSR count). The van der Waals surface area contributed by atoms with Gasteiger partial charge in [-0.25, -0.2) is 0 Å². The molecule has 0 fully saturated rings. The lowest BCUT2D eigenvalue weighted by atomic mass is 9.93. The van der Waals surface area contributed by atoms with Crippen molar-refractivity contribution >= 4 is 5.96 Å². The number of nitrogens with one attached hydrogen (secondary N) is 1. The van der Waals surface area contributed by atoms with Gasteiger partial charge >= 0.3 is 0 Å². The number of guanidine groups is 1. The van der Waals surface area contributed by atoms with Crippen LogP contribution in [-0.2, 0) is 4.84 Å². The van der Waals surface area contributed by atoms with E-state index >= 15 is 0 Å². The lowest BCUT2D eigenvalue weighted by molar-refractivity contribution is 0.206. The van der Waals surface area contributed by atoms with Gasteiger partial charge in [-0.15, -0.1) is 0 Å². The lowest BCUT2D eigenvalue weighted by Gasteiger charge is -2.18. The molecule has 0 bridgehead atoms. The van der Waals surface area contributed by atoms with Gasteiger partial charge in [-0.05, 0) is 29.8 Å². The molecule has 0 aromatic carbocycles. The van der Waals surface area contributed by atoms with Crippen molar-refractivity contribution in [3.8, 4) is 0 Å². The first-order valence-corrected chi connectivity index (χ1v) is 6.01. The molecule has 4 heteroatoms. The quantitative estimate of drug-likeness (QED) is 0.328. The van der Waals surface area contributed by atoms with Gasteiger partial charge in [-0.2, -0.15) is 0 Å². The maximum absolute atomic E-state index is 4.77. The molecule has 1 unspecified atom stereocenters. The number of hydrogen-bond acceptors (Lipinski definition) is 2. The SMILES string of the molecule is CO/N=C(/NCCCC(C)C(C)C)N(C)C. The summed E-state index contributed by atoms with van der Waals surface area (Å²) < 4.78 is 0. The van der Waals surface area contributed by atoms with Gasteiger partial charge in [-0.1, -0.05) is 20.8 Å². The van der Waals surface area contributed by atoms with Crippen molar-refractivity contribution in [1.82, 2.24) is 10.2 Å². The normalized spacial score (nSPS) is 13.8. The Morgan fingerprint density at radius 1 is 1.31 bits per heavy atom. The molecule has 0 amide bonds. The Labute approximate surface area is 100 Å². The van der Waals surface area contributed by atoms with Crippen LogP contribution in [0.3, 0.4) is 0 Å². The van der Waals surface area contributed by atoms with Gasteiger partial charge in [0, 0.05) is 20.6 Å². The Balaban J connectivity index is 3.75. The van der Waals surface area contributed by atoms with Crippen LogP contribution >= 0.6 is 0 Å². The Kier molecular flexibility index (Phi) is 7.77. The zero-order valence-electron chi connectivity index (χ0n) is 11.6. The number of hydrogen-bond donors (Lipinski definition) is 1. The Morgan fingerprint density at radius 2 is 1.94 bits per heavy atom. The molecule has 4 nitrogen and oxygen atoms in total. The van der Waals surface area contributed by atoms with Crippen LogP contribution in [0.4, 0.5) is 0 Å². The predicted molar refractivity (Wildman–Crippen MR) is 69.4 cm³/mol. The second kappa shape index (κ2) is 8.25. The molecule has 0 aliphatic rings. The minimum absolute atomic E-state index is 0.765. The van der Waals surface area contributed by atoms with Crippen molar-refractivity contribution in [2.75, 3.05) is 27.7 Å².